The lowest BCUT2D eigenvalue weighted by molar-refractivity contribution is -0.124. The first-order chi connectivity index (χ1) is 8.31. The second-order valence-electron chi connectivity index (χ2n) is 4.70. The molecule has 92 valence electrons. The molecule has 17 heavy (non-hydrogen) atoms. The van der Waals surface area contributed by atoms with Crippen LogP contribution in [0, 0.1) is 5.92 Å². The van der Waals surface area contributed by atoms with Crippen molar-refractivity contribution in [3.05, 3.63) is 30.3 Å². The lowest BCUT2D eigenvalue weighted by Crippen LogP contribution is -2.28. The van der Waals surface area contributed by atoms with Crippen LogP contribution in [0.4, 0.5) is 0 Å². The van der Waals surface area contributed by atoms with Gasteiger partial charge in [-0.2, -0.15) is 0 Å². The van der Waals surface area contributed by atoms with E-state index in [9.17, 15) is 4.79 Å². The largest absolute Gasteiger partial charge is 0.299 e. The minimum Gasteiger partial charge on any atom is -0.299 e. The number of Topliss-reactive ketones (excluding diaryl/α,β-unsaturated/α-hetero) is 1. The molecular formula is C15H20OS. The summed E-state index contributed by atoms with van der Waals surface area (Å²) >= 11 is 1.88. The van der Waals surface area contributed by atoms with Gasteiger partial charge in [0.1, 0.15) is 5.78 Å². The quantitative estimate of drug-likeness (QED) is 0.738. The molecule has 1 fully saturated rings. The van der Waals surface area contributed by atoms with Crippen LogP contribution < -0.4 is 0 Å². The van der Waals surface area contributed by atoms with Gasteiger partial charge in [-0.3, -0.25) is 4.79 Å². The monoisotopic (exact) mass is 248 g/mol. The fraction of sp³-hybridized carbons (Fsp3) is 0.533. The Morgan fingerprint density at radius 3 is 2.71 bits per heavy atom. The summed E-state index contributed by atoms with van der Waals surface area (Å²) in [5.74, 6) is 0.783. The maximum Gasteiger partial charge on any atom is 0.137 e. The molecule has 0 aromatic heterocycles. The average molecular weight is 248 g/mol. The van der Waals surface area contributed by atoms with E-state index < -0.39 is 0 Å². The Morgan fingerprint density at radius 2 is 2.06 bits per heavy atom. The fourth-order valence-electron chi connectivity index (χ4n) is 2.53. The summed E-state index contributed by atoms with van der Waals surface area (Å²) in [6, 6.07) is 10.5. The van der Waals surface area contributed by atoms with Gasteiger partial charge >= 0.3 is 0 Å². The number of hydrogen-bond acceptors (Lipinski definition) is 2. The highest BCUT2D eigenvalue weighted by Gasteiger charge is 2.29. The third-order valence-electron chi connectivity index (χ3n) is 3.48. The molecule has 2 atom stereocenters. The number of thioether (sulfide) groups is 1. The molecule has 0 heterocycles. The minimum absolute atomic E-state index is 0.291. The lowest BCUT2D eigenvalue weighted by Gasteiger charge is -2.27. The van der Waals surface area contributed by atoms with Crippen molar-refractivity contribution in [1.82, 2.24) is 0 Å². The Balaban J connectivity index is 2.03. The maximum absolute atomic E-state index is 12.0. The van der Waals surface area contributed by atoms with E-state index in [0.29, 0.717) is 17.0 Å². The van der Waals surface area contributed by atoms with Crippen LogP contribution in [0.25, 0.3) is 0 Å². The second-order valence-corrected chi connectivity index (χ2v) is 6.01. The third-order valence-corrected chi connectivity index (χ3v) is 4.99. The molecule has 1 saturated carbocycles. The molecule has 0 N–H and O–H groups in total. The van der Waals surface area contributed by atoms with Crippen LogP contribution in [0.2, 0.25) is 0 Å². The van der Waals surface area contributed by atoms with Gasteiger partial charge in [-0.15, -0.1) is 11.8 Å². The lowest BCUT2D eigenvalue weighted by atomic mass is 9.85. The summed E-state index contributed by atoms with van der Waals surface area (Å²) in [5.41, 5.74) is 0. The first kappa shape index (κ1) is 12.7. The van der Waals surface area contributed by atoms with E-state index in [1.807, 2.05) is 17.8 Å². The molecule has 0 spiro atoms. The van der Waals surface area contributed by atoms with Crippen molar-refractivity contribution in [1.29, 1.82) is 0 Å². The molecule has 1 aliphatic carbocycles. The van der Waals surface area contributed by atoms with Gasteiger partial charge < -0.3 is 0 Å². The first-order valence-corrected chi connectivity index (χ1v) is 7.43. The summed E-state index contributed by atoms with van der Waals surface area (Å²) in [7, 11) is 0. The van der Waals surface area contributed by atoms with Gasteiger partial charge in [-0.1, -0.05) is 31.5 Å². The Morgan fingerprint density at radius 1 is 1.29 bits per heavy atom. The molecule has 2 rings (SSSR count). The third kappa shape index (κ3) is 3.35. The molecule has 0 saturated heterocycles. The maximum atomic E-state index is 12.0. The van der Waals surface area contributed by atoms with Crippen LogP contribution in [0.5, 0.6) is 0 Å². The van der Waals surface area contributed by atoms with Gasteiger partial charge in [0.05, 0.1) is 0 Å². The van der Waals surface area contributed by atoms with Crippen LogP contribution in [0.1, 0.15) is 39.0 Å². The smallest absolute Gasteiger partial charge is 0.137 e. The van der Waals surface area contributed by atoms with Crippen LogP contribution in [-0.4, -0.2) is 11.0 Å². The highest BCUT2D eigenvalue weighted by atomic mass is 32.2. The van der Waals surface area contributed by atoms with Crippen molar-refractivity contribution < 1.29 is 4.79 Å². The van der Waals surface area contributed by atoms with Gasteiger partial charge in [0.25, 0.3) is 0 Å². The van der Waals surface area contributed by atoms with Crippen molar-refractivity contribution in [3.8, 4) is 0 Å². The van der Waals surface area contributed by atoms with Crippen molar-refractivity contribution >= 4 is 17.5 Å². The SMILES string of the molecule is CCC(Sc1ccccc1)C1CCCCC1=O. The van der Waals surface area contributed by atoms with E-state index in [-0.39, 0.29) is 0 Å². The molecule has 0 radical (unpaired) electrons. The molecule has 0 aliphatic heterocycles. The minimum atomic E-state index is 0.291. The van der Waals surface area contributed by atoms with Crippen molar-refractivity contribution in [2.24, 2.45) is 5.92 Å². The summed E-state index contributed by atoms with van der Waals surface area (Å²) in [5, 5.41) is 0.463. The Labute approximate surface area is 108 Å². The summed E-state index contributed by atoms with van der Waals surface area (Å²) in [6.07, 6.45) is 5.30. The van der Waals surface area contributed by atoms with Gasteiger partial charge in [0, 0.05) is 22.5 Å². The molecule has 0 amide bonds. The Kier molecular flexibility index (Phi) is 4.66. The molecule has 2 heteroatoms. The van der Waals surface area contributed by atoms with E-state index in [1.165, 1.54) is 11.3 Å². The van der Waals surface area contributed by atoms with Crippen molar-refractivity contribution in [2.45, 2.75) is 49.2 Å². The summed E-state index contributed by atoms with van der Waals surface area (Å²) in [4.78, 5) is 13.3. The van der Waals surface area contributed by atoms with E-state index in [1.54, 1.807) is 0 Å². The second kappa shape index (κ2) is 6.25. The zero-order valence-electron chi connectivity index (χ0n) is 10.4. The van der Waals surface area contributed by atoms with Gasteiger partial charge in [-0.05, 0) is 31.4 Å². The molecule has 1 aliphatic rings. The first-order valence-electron chi connectivity index (χ1n) is 6.55. The zero-order valence-corrected chi connectivity index (χ0v) is 11.2. The molecular weight excluding hydrogens is 228 g/mol. The van der Waals surface area contributed by atoms with Gasteiger partial charge in [-0.25, -0.2) is 0 Å². The number of carbonyl (C=O) groups excluding carboxylic acids is 1. The van der Waals surface area contributed by atoms with Crippen LogP contribution in [0.3, 0.4) is 0 Å². The fourth-order valence-corrected chi connectivity index (χ4v) is 3.81. The van der Waals surface area contributed by atoms with Crippen molar-refractivity contribution in [3.63, 3.8) is 0 Å². The highest BCUT2D eigenvalue weighted by molar-refractivity contribution is 8.00. The van der Waals surface area contributed by atoms with E-state index in [2.05, 4.69) is 31.2 Å². The Hall–Kier alpha value is -0.760. The normalized spacial score (nSPS) is 22.4. The number of rotatable bonds is 4. The van der Waals surface area contributed by atoms with Gasteiger partial charge in [0.15, 0.2) is 0 Å². The number of benzene rings is 1. The van der Waals surface area contributed by atoms with E-state index in [4.69, 9.17) is 0 Å². The van der Waals surface area contributed by atoms with Crippen LogP contribution in [0.15, 0.2) is 35.2 Å². The average Bonchev–Trinajstić information content (AvgIpc) is 2.38. The predicted molar refractivity (Wildman–Crippen MR) is 73.3 cm³/mol. The standard InChI is InChI=1S/C15H20OS/c1-2-15(13-10-6-7-11-14(13)16)17-12-8-4-3-5-9-12/h3-5,8-9,13,15H,2,6-7,10-11H2,1H3. The molecule has 1 nitrogen and oxygen atoms in total. The number of carbonyl (C=O) groups is 1. The van der Waals surface area contributed by atoms with Crippen LogP contribution in [-0.2, 0) is 4.79 Å². The van der Waals surface area contributed by atoms with E-state index in [0.717, 1.165) is 25.7 Å². The topological polar surface area (TPSA) is 17.1 Å². The molecule has 1 aromatic rings. The molecule has 2 unspecified atom stereocenters. The highest BCUT2D eigenvalue weighted by Crippen LogP contribution is 2.36. The molecule has 0 bridgehead atoms. The van der Waals surface area contributed by atoms with Gasteiger partial charge in [0.2, 0.25) is 0 Å². The Bertz CT molecular complexity index is 360. The summed E-state index contributed by atoms with van der Waals surface area (Å²) < 4.78 is 0. The summed E-state index contributed by atoms with van der Waals surface area (Å²) in [6.45, 7) is 2.20. The predicted octanol–water partition coefficient (Wildman–Crippen LogP) is 4.32. The number of ketones is 1. The van der Waals surface area contributed by atoms with Crippen molar-refractivity contribution in [2.75, 3.05) is 0 Å². The van der Waals surface area contributed by atoms with Crippen LogP contribution >= 0.6 is 11.8 Å². The van der Waals surface area contributed by atoms with E-state index >= 15 is 0 Å². The zero-order chi connectivity index (χ0) is 12.1. The molecule has 1 aromatic carbocycles. The number of hydrogen-bond donors (Lipinski definition) is 0.